The Hall–Kier alpha value is -1.49. The Kier molecular flexibility index (Phi) is 7.03. The largest absolute Gasteiger partial charge is 0.481 e. The van der Waals surface area contributed by atoms with E-state index in [-0.39, 0.29) is 11.7 Å². The molecule has 0 saturated carbocycles. The van der Waals surface area contributed by atoms with Gasteiger partial charge in [0.2, 0.25) is 5.91 Å². The summed E-state index contributed by atoms with van der Waals surface area (Å²) in [5, 5.41) is 11.2. The molecule has 0 aliphatic carbocycles. The van der Waals surface area contributed by atoms with E-state index in [1.165, 1.54) is 22.9 Å². The van der Waals surface area contributed by atoms with Crippen LogP contribution in [-0.2, 0) is 16.0 Å². The van der Waals surface area contributed by atoms with E-state index in [2.05, 4.69) is 5.32 Å². The van der Waals surface area contributed by atoms with Crippen molar-refractivity contribution in [3.63, 3.8) is 0 Å². The van der Waals surface area contributed by atoms with E-state index in [0.29, 0.717) is 18.7 Å². The first kappa shape index (κ1) is 15.6. The second-order valence-electron chi connectivity index (χ2n) is 4.22. The number of hydrogen-bond acceptors (Lipinski definition) is 3. The van der Waals surface area contributed by atoms with Crippen molar-refractivity contribution in [1.29, 1.82) is 0 Å². The molecule has 0 atom stereocenters. The van der Waals surface area contributed by atoms with E-state index in [4.69, 9.17) is 5.11 Å². The van der Waals surface area contributed by atoms with Crippen molar-refractivity contribution in [2.45, 2.75) is 19.8 Å². The first-order valence-corrected chi connectivity index (χ1v) is 7.36. The number of nitrogens with one attached hydrogen (secondary N) is 1. The zero-order valence-electron chi connectivity index (χ0n) is 11.0. The molecule has 1 amide bonds. The fourth-order valence-corrected chi connectivity index (χ4v) is 2.21. The number of carbonyl (C=O) groups excluding carboxylic acids is 1. The zero-order chi connectivity index (χ0) is 14.1. The smallest absolute Gasteiger partial charge is 0.313 e. The van der Waals surface area contributed by atoms with Crippen molar-refractivity contribution >= 4 is 23.6 Å². The predicted molar refractivity (Wildman–Crippen MR) is 77.5 cm³/mol. The highest BCUT2D eigenvalue weighted by Gasteiger charge is 2.03. The topological polar surface area (TPSA) is 66.4 Å². The van der Waals surface area contributed by atoms with Gasteiger partial charge in [-0.1, -0.05) is 24.3 Å². The molecule has 2 N–H and O–H groups in total. The van der Waals surface area contributed by atoms with Crippen LogP contribution in [0, 0.1) is 6.92 Å². The van der Waals surface area contributed by atoms with Gasteiger partial charge in [0.1, 0.15) is 0 Å². The molecule has 0 spiro atoms. The number of benzene rings is 1. The number of carboxylic acid groups (broad SMARTS) is 1. The van der Waals surface area contributed by atoms with Gasteiger partial charge in [-0.15, -0.1) is 11.8 Å². The van der Waals surface area contributed by atoms with Crippen LogP contribution in [0.1, 0.15) is 17.5 Å². The minimum atomic E-state index is -0.823. The molecule has 0 aromatic heterocycles. The van der Waals surface area contributed by atoms with E-state index in [0.717, 1.165) is 6.42 Å². The summed E-state index contributed by atoms with van der Waals surface area (Å²) >= 11 is 1.31. The van der Waals surface area contributed by atoms with E-state index >= 15 is 0 Å². The summed E-state index contributed by atoms with van der Waals surface area (Å²) in [6, 6.07) is 8.03. The zero-order valence-corrected chi connectivity index (χ0v) is 11.8. The standard InChI is InChI=1S/C14H19NO3S/c1-11-4-2-3-5-12(11)6-7-13(16)15-8-9-19-10-14(17)18/h2-5H,6-10H2,1H3,(H,15,16)(H,17,18). The summed E-state index contributed by atoms with van der Waals surface area (Å²) < 4.78 is 0. The highest BCUT2D eigenvalue weighted by molar-refractivity contribution is 7.99. The normalized spacial score (nSPS) is 10.2. The SMILES string of the molecule is Cc1ccccc1CCC(=O)NCCSCC(=O)O. The Balaban J connectivity index is 2.15. The number of hydrogen-bond donors (Lipinski definition) is 2. The summed E-state index contributed by atoms with van der Waals surface area (Å²) in [5.74, 6) is -0.100. The van der Waals surface area contributed by atoms with Crippen LogP contribution >= 0.6 is 11.8 Å². The minimum absolute atomic E-state index is 0.0131. The Morgan fingerprint density at radius 2 is 2.05 bits per heavy atom. The molecule has 104 valence electrons. The van der Waals surface area contributed by atoms with Crippen LogP contribution in [0.25, 0.3) is 0 Å². The van der Waals surface area contributed by atoms with Gasteiger partial charge in [-0.2, -0.15) is 0 Å². The summed E-state index contributed by atoms with van der Waals surface area (Å²) in [6.45, 7) is 2.56. The summed E-state index contributed by atoms with van der Waals surface area (Å²) in [5.41, 5.74) is 2.39. The molecule has 0 bridgehead atoms. The lowest BCUT2D eigenvalue weighted by molar-refractivity contribution is -0.133. The fourth-order valence-electron chi connectivity index (χ4n) is 1.65. The van der Waals surface area contributed by atoms with Gasteiger partial charge >= 0.3 is 5.97 Å². The summed E-state index contributed by atoms with van der Waals surface area (Å²) in [6.07, 6.45) is 1.20. The van der Waals surface area contributed by atoms with E-state index in [9.17, 15) is 9.59 Å². The molecule has 1 rings (SSSR count). The molecular formula is C14H19NO3S. The lowest BCUT2D eigenvalue weighted by Crippen LogP contribution is -2.26. The summed E-state index contributed by atoms with van der Waals surface area (Å²) in [7, 11) is 0. The van der Waals surface area contributed by atoms with Crippen molar-refractivity contribution < 1.29 is 14.7 Å². The van der Waals surface area contributed by atoms with Crippen molar-refractivity contribution in [2.24, 2.45) is 0 Å². The molecule has 0 aliphatic rings. The third kappa shape index (κ3) is 6.86. The third-order valence-electron chi connectivity index (χ3n) is 2.68. The number of amides is 1. The first-order valence-electron chi connectivity index (χ1n) is 6.20. The minimum Gasteiger partial charge on any atom is -0.481 e. The van der Waals surface area contributed by atoms with Gasteiger partial charge < -0.3 is 10.4 Å². The molecule has 1 aromatic rings. The lowest BCUT2D eigenvalue weighted by atomic mass is 10.0. The number of carboxylic acids is 1. The lowest BCUT2D eigenvalue weighted by Gasteiger charge is -2.06. The van der Waals surface area contributed by atoms with Crippen LogP contribution in [0.2, 0.25) is 0 Å². The second kappa shape index (κ2) is 8.58. The highest BCUT2D eigenvalue weighted by atomic mass is 32.2. The van der Waals surface area contributed by atoms with Gasteiger partial charge in [-0.05, 0) is 24.5 Å². The molecule has 19 heavy (non-hydrogen) atoms. The molecule has 4 nitrogen and oxygen atoms in total. The van der Waals surface area contributed by atoms with Gasteiger partial charge in [0.15, 0.2) is 0 Å². The molecule has 0 radical (unpaired) electrons. The van der Waals surface area contributed by atoms with Crippen LogP contribution in [0.4, 0.5) is 0 Å². The number of thioether (sulfide) groups is 1. The second-order valence-corrected chi connectivity index (χ2v) is 5.33. The Morgan fingerprint density at radius 3 is 2.74 bits per heavy atom. The van der Waals surface area contributed by atoms with Gasteiger partial charge in [0.25, 0.3) is 0 Å². The van der Waals surface area contributed by atoms with Crippen LogP contribution in [0.5, 0.6) is 0 Å². The predicted octanol–water partition coefficient (Wildman–Crippen LogP) is 1.86. The molecule has 0 heterocycles. The van der Waals surface area contributed by atoms with Gasteiger partial charge in [0, 0.05) is 18.7 Å². The Bertz CT molecular complexity index is 434. The molecule has 5 heteroatoms. The van der Waals surface area contributed by atoms with Crippen LogP contribution < -0.4 is 5.32 Å². The first-order chi connectivity index (χ1) is 9.09. The van der Waals surface area contributed by atoms with Crippen LogP contribution in [0.15, 0.2) is 24.3 Å². The van der Waals surface area contributed by atoms with E-state index in [1.54, 1.807) is 0 Å². The Morgan fingerprint density at radius 1 is 1.32 bits per heavy atom. The van der Waals surface area contributed by atoms with Crippen molar-refractivity contribution in [3.05, 3.63) is 35.4 Å². The molecule has 0 saturated heterocycles. The molecule has 0 unspecified atom stereocenters. The maximum absolute atomic E-state index is 11.6. The molecule has 0 fully saturated rings. The van der Waals surface area contributed by atoms with E-state index in [1.807, 2.05) is 31.2 Å². The van der Waals surface area contributed by atoms with Crippen molar-refractivity contribution in [1.82, 2.24) is 5.32 Å². The van der Waals surface area contributed by atoms with Crippen LogP contribution in [-0.4, -0.2) is 35.0 Å². The summed E-state index contributed by atoms with van der Waals surface area (Å²) in [4.78, 5) is 21.9. The average Bonchev–Trinajstić information content (AvgIpc) is 2.37. The number of carbonyl (C=O) groups is 2. The third-order valence-corrected chi connectivity index (χ3v) is 3.62. The van der Waals surface area contributed by atoms with Gasteiger partial charge in [-0.3, -0.25) is 9.59 Å². The maximum atomic E-state index is 11.6. The number of aliphatic carboxylic acids is 1. The van der Waals surface area contributed by atoms with E-state index < -0.39 is 5.97 Å². The van der Waals surface area contributed by atoms with Gasteiger partial charge in [-0.25, -0.2) is 0 Å². The quantitative estimate of drug-likeness (QED) is 0.714. The Labute approximate surface area is 117 Å². The van der Waals surface area contributed by atoms with Crippen LogP contribution in [0.3, 0.4) is 0 Å². The maximum Gasteiger partial charge on any atom is 0.313 e. The molecular weight excluding hydrogens is 262 g/mol. The number of rotatable bonds is 8. The highest BCUT2D eigenvalue weighted by Crippen LogP contribution is 2.09. The molecule has 0 aliphatic heterocycles. The van der Waals surface area contributed by atoms with Crippen molar-refractivity contribution in [3.8, 4) is 0 Å². The van der Waals surface area contributed by atoms with Crippen molar-refractivity contribution in [2.75, 3.05) is 18.1 Å². The monoisotopic (exact) mass is 281 g/mol. The fraction of sp³-hybridized carbons (Fsp3) is 0.429. The average molecular weight is 281 g/mol. The number of aryl methyl sites for hydroxylation is 2. The van der Waals surface area contributed by atoms with Gasteiger partial charge in [0.05, 0.1) is 5.75 Å². The molecule has 1 aromatic carbocycles.